The van der Waals surface area contributed by atoms with E-state index in [2.05, 4.69) is 15.0 Å². The number of alkyl halides is 3. The molecule has 1 unspecified atom stereocenters. The lowest BCUT2D eigenvalue weighted by Gasteiger charge is -2.13. The first-order chi connectivity index (χ1) is 15.7. The molecular weight excluding hydrogens is 453 g/mol. The topological polar surface area (TPSA) is 93.9 Å². The van der Waals surface area contributed by atoms with Crippen molar-refractivity contribution in [3.8, 4) is 5.75 Å². The lowest BCUT2D eigenvalue weighted by Crippen LogP contribution is -2.19. The molecule has 10 heteroatoms. The van der Waals surface area contributed by atoms with Gasteiger partial charge in [-0.2, -0.15) is 13.2 Å². The number of fused-ring (bicyclic) bond motifs is 1. The van der Waals surface area contributed by atoms with E-state index in [1.807, 2.05) is 18.2 Å². The second-order valence-corrected chi connectivity index (χ2v) is 9.45. The van der Waals surface area contributed by atoms with Crippen LogP contribution in [0.3, 0.4) is 0 Å². The second kappa shape index (κ2) is 11.6. The van der Waals surface area contributed by atoms with Crippen LogP contribution in [0.5, 0.6) is 5.75 Å². The number of halogens is 3. The maximum Gasteiger partial charge on any atom is 0.422 e. The summed E-state index contributed by atoms with van der Waals surface area (Å²) in [6.45, 7) is 0.202. The molecular formula is C23H29F3N4O2S. The minimum absolute atomic E-state index is 0.0227. The number of rotatable bonds is 5. The molecule has 4 rings (SSSR count). The largest absolute Gasteiger partial charge is 0.484 e. The highest BCUT2D eigenvalue weighted by molar-refractivity contribution is 7.84. The Bertz CT molecular complexity index is 1030. The predicted molar refractivity (Wildman–Crippen MR) is 122 cm³/mol. The van der Waals surface area contributed by atoms with Crippen LogP contribution < -0.4 is 10.5 Å². The highest BCUT2D eigenvalue weighted by atomic mass is 32.2. The van der Waals surface area contributed by atoms with Crippen LogP contribution in [0.25, 0.3) is 11.0 Å². The molecule has 0 radical (unpaired) electrons. The van der Waals surface area contributed by atoms with E-state index in [0.717, 1.165) is 5.52 Å². The van der Waals surface area contributed by atoms with Crippen LogP contribution in [-0.4, -0.2) is 38.0 Å². The number of nitrogens with one attached hydrogen (secondary N) is 1. The first-order valence-corrected chi connectivity index (χ1v) is 12.3. The number of hydrogen-bond acceptors (Lipinski definition) is 5. The minimum atomic E-state index is -4.42. The average molecular weight is 483 g/mol. The van der Waals surface area contributed by atoms with Crippen LogP contribution >= 0.6 is 0 Å². The Morgan fingerprint density at radius 2 is 1.85 bits per heavy atom. The van der Waals surface area contributed by atoms with E-state index in [-0.39, 0.29) is 11.5 Å². The first kappa shape index (κ1) is 25.2. The number of pyridine rings is 1. The third kappa shape index (κ3) is 7.82. The van der Waals surface area contributed by atoms with E-state index in [1.165, 1.54) is 50.8 Å². The van der Waals surface area contributed by atoms with Crippen molar-refractivity contribution in [2.24, 2.45) is 5.73 Å². The SMILES string of the molecule is Cc1c(OCC(F)(F)F)ccnc1CS(=O)c1nc2ccccc2[nH]1.NC1CCCCCC1. The van der Waals surface area contributed by atoms with Crippen LogP contribution in [-0.2, 0) is 16.6 Å². The van der Waals surface area contributed by atoms with Gasteiger partial charge in [-0.25, -0.2) is 4.98 Å². The molecule has 0 saturated heterocycles. The van der Waals surface area contributed by atoms with Gasteiger partial charge in [-0.05, 0) is 38.0 Å². The third-order valence-corrected chi connectivity index (χ3v) is 6.56. The number of para-hydroxylation sites is 2. The van der Waals surface area contributed by atoms with E-state index in [9.17, 15) is 17.4 Å². The maximum absolute atomic E-state index is 12.5. The number of hydrogen-bond donors (Lipinski definition) is 2. The van der Waals surface area contributed by atoms with E-state index in [0.29, 0.717) is 28.0 Å². The summed E-state index contributed by atoms with van der Waals surface area (Å²) in [6.07, 6.45) is 4.99. The van der Waals surface area contributed by atoms with Gasteiger partial charge < -0.3 is 15.5 Å². The molecule has 33 heavy (non-hydrogen) atoms. The Hall–Kier alpha value is -2.46. The Kier molecular flexibility index (Phi) is 8.85. The lowest BCUT2D eigenvalue weighted by atomic mass is 10.1. The molecule has 0 amide bonds. The van der Waals surface area contributed by atoms with Crippen molar-refractivity contribution in [2.75, 3.05) is 6.61 Å². The Labute approximate surface area is 193 Å². The fraction of sp³-hybridized carbons (Fsp3) is 0.478. The highest BCUT2D eigenvalue weighted by Gasteiger charge is 2.29. The van der Waals surface area contributed by atoms with Gasteiger partial charge in [0, 0.05) is 17.8 Å². The van der Waals surface area contributed by atoms with Crippen molar-refractivity contribution >= 4 is 21.8 Å². The van der Waals surface area contributed by atoms with Crippen molar-refractivity contribution in [3.05, 3.63) is 47.8 Å². The first-order valence-electron chi connectivity index (χ1n) is 11.0. The van der Waals surface area contributed by atoms with Crippen molar-refractivity contribution in [1.82, 2.24) is 15.0 Å². The van der Waals surface area contributed by atoms with Crippen LogP contribution in [0.2, 0.25) is 0 Å². The van der Waals surface area contributed by atoms with E-state index in [4.69, 9.17) is 10.5 Å². The summed E-state index contributed by atoms with van der Waals surface area (Å²) in [5.41, 5.74) is 8.02. The standard InChI is InChI=1S/C16H14F3N3O2S.C7H15N/c1-10-13(20-7-6-14(10)24-9-16(17,18)19)8-25(23)15-21-11-4-2-3-5-12(11)22-15;8-7-5-3-1-2-4-6-7/h2-7H,8-9H2,1H3,(H,21,22);7H,1-6,8H2. The summed E-state index contributed by atoms with van der Waals surface area (Å²) < 4.78 is 54.2. The van der Waals surface area contributed by atoms with Gasteiger partial charge in [0.2, 0.25) is 0 Å². The normalized spacial score (nSPS) is 16.0. The molecule has 0 spiro atoms. The molecule has 2 heterocycles. The van der Waals surface area contributed by atoms with Gasteiger partial charge in [0.1, 0.15) is 5.75 Å². The quantitative estimate of drug-likeness (QED) is 0.489. The summed E-state index contributed by atoms with van der Waals surface area (Å²) in [7, 11) is -1.51. The van der Waals surface area contributed by atoms with E-state index < -0.39 is 23.6 Å². The highest BCUT2D eigenvalue weighted by Crippen LogP contribution is 2.24. The number of nitrogens with zero attached hydrogens (tertiary/aromatic N) is 2. The smallest absolute Gasteiger partial charge is 0.422 e. The van der Waals surface area contributed by atoms with Crippen LogP contribution in [0.4, 0.5) is 13.2 Å². The van der Waals surface area contributed by atoms with Gasteiger partial charge in [0.25, 0.3) is 0 Å². The van der Waals surface area contributed by atoms with Gasteiger partial charge in [-0.1, -0.05) is 37.8 Å². The van der Waals surface area contributed by atoms with E-state index in [1.54, 1.807) is 13.0 Å². The summed E-state index contributed by atoms with van der Waals surface area (Å²) in [6, 6.07) is 9.15. The molecule has 0 aliphatic heterocycles. The number of imidazole rings is 1. The van der Waals surface area contributed by atoms with Crippen LogP contribution in [0, 0.1) is 6.92 Å². The number of aromatic nitrogens is 3. The van der Waals surface area contributed by atoms with Gasteiger partial charge in [0.05, 0.1) is 33.3 Å². The molecule has 1 atom stereocenters. The zero-order chi connectivity index (χ0) is 23.8. The average Bonchev–Trinajstić information content (AvgIpc) is 3.07. The van der Waals surface area contributed by atoms with Crippen LogP contribution in [0.15, 0.2) is 41.7 Å². The molecule has 1 saturated carbocycles. The molecule has 1 aliphatic rings. The minimum Gasteiger partial charge on any atom is -0.484 e. The number of ether oxygens (including phenoxy) is 1. The molecule has 3 aromatic rings. The molecule has 180 valence electrons. The Balaban J connectivity index is 0.000000323. The summed E-state index contributed by atoms with van der Waals surface area (Å²) in [4.78, 5) is 11.3. The van der Waals surface area contributed by atoms with Crippen molar-refractivity contribution in [2.45, 2.75) is 68.6 Å². The molecule has 3 N–H and O–H groups in total. The van der Waals surface area contributed by atoms with Gasteiger partial charge >= 0.3 is 6.18 Å². The Morgan fingerprint density at radius 3 is 2.52 bits per heavy atom. The lowest BCUT2D eigenvalue weighted by molar-refractivity contribution is -0.153. The monoisotopic (exact) mass is 482 g/mol. The molecule has 6 nitrogen and oxygen atoms in total. The number of nitrogens with two attached hydrogens (primary N) is 1. The van der Waals surface area contributed by atoms with Crippen molar-refractivity contribution in [3.63, 3.8) is 0 Å². The second-order valence-electron chi connectivity index (χ2n) is 8.09. The van der Waals surface area contributed by atoms with Crippen molar-refractivity contribution < 1.29 is 22.1 Å². The maximum atomic E-state index is 12.5. The summed E-state index contributed by atoms with van der Waals surface area (Å²) in [5.74, 6) is 0.0958. The van der Waals surface area contributed by atoms with Crippen molar-refractivity contribution in [1.29, 1.82) is 0 Å². The molecule has 1 aliphatic carbocycles. The molecule has 1 fully saturated rings. The Morgan fingerprint density at radius 1 is 1.15 bits per heavy atom. The molecule has 2 aromatic heterocycles. The zero-order valence-corrected chi connectivity index (χ0v) is 19.3. The van der Waals surface area contributed by atoms with Gasteiger partial charge in [-0.3, -0.25) is 9.19 Å². The molecule has 1 aromatic carbocycles. The fourth-order valence-corrected chi connectivity index (χ4v) is 4.66. The summed E-state index contributed by atoms with van der Waals surface area (Å²) in [5, 5.41) is 0.295. The van der Waals surface area contributed by atoms with Gasteiger partial charge in [-0.15, -0.1) is 0 Å². The van der Waals surface area contributed by atoms with E-state index >= 15 is 0 Å². The van der Waals surface area contributed by atoms with Crippen LogP contribution in [0.1, 0.15) is 49.8 Å². The number of benzene rings is 1. The third-order valence-electron chi connectivity index (χ3n) is 5.40. The molecule has 0 bridgehead atoms. The number of H-pyrrole nitrogens is 1. The summed E-state index contributed by atoms with van der Waals surface area (Å²) >= 11 is 0. The fourth-order valence-electron chi connectivity index (χ4n) is 3.56. The number of aromatic amines is 1. The zero-order valence-electron chi connectivity index (χ0n) is 18.5. The van der Waals surface area contributed by atoms with Gasteiger partial charge in [0.15, 0.2) is 11.8 Å². The predicted octanol–water partition coefficient (Wildman–Crippen LogP) is 5.18.